The molecule has 0 aliphatic carbocycles. The average Bonchev–Trinajstić information content (AvgIpc) is 2.35. The van der Waals surface area contributed by atoms with Gasteiger partial charge in [0.2, 0.25) is 0 Å². The Labute approximate surface area is 131 Å². The summed E-state index contributed by atoms with van der Waals surface area (Å²) in [5.74, 6) is 1.15. The molecule has 20 heavy (non-hydrogen) atoms. The second-order valence-electron chi connectivity index (χ2n) is 6.86. The van der Waals surface area contributed by atoms with Crippen LogP contribution in [-0.2, 0) is 6.54 Å². The minimum atomic E-state index is 0.385. The number of nitrogens with one attached hydrogen (secondary N) is 1. The number of hydrogen-bond acceptors (Lipinski definition) is 3. The van der Waals surface area contributed by atoms with Crippen LogP contribution in [0.15, 0.2) is 16.7 Å². The molecule has 0 radical (unpaired) electrons. The molecule has 2 heterocycles. The smallest absolute Gasteiger partial charge is 0.133 e. The van der Waals surface area contributed by atoms with Gasteiger partial charge < -0.3 is 10.2 Å². The molecule has 0 atom stereocenters. The fourth-order valence-corrected chi connectivity index (χ4v) is 3.19. The predicted octanol–water partition coefficient (Wildman–Crippen LogP) is 3.97. The molecule has 3 nitrogen and oxygen atoms in total. The highest BCUT2D eigenvalue weighted by atomic mass is 79.9. The highest BCUT2D eigenvalue weighted by molar-refractivity contribution is 9.10. The molecule has 0 unspecified atom stereocenters. The summed E-state index contributed by atoms with van der Waals surface area (Å²) in [7, 11) is 0. The summed E-state index contributed by atoms with van der Waals surface area (Å²) in [4.78, 5) is 7.14. The Hall–Kier alpha value is -0.610. The van der Waals surface area contributed by atoms with Crippen LogP contribution in [0, 0.1) is 5.41 Å². The molecule has 4 heteroatoms. The normalized spacial score (nSPS) is 18.6. The van der Waals surface area contributed by atoms with Crippen molar-refractivity contribution in [1.29, 1.82) is 0 Å². The van der Waals surface area contributed by atoms with Gasteiger partial charge in [0.1, 0.15) is 5.82 Å². The predicted molar refractivity (Wildman–Crippen MR) is 89.1 cm³/mol. The zero-order chi connectivity index (χ0) is 14.8. The van der Waals surface area contributed by atoms with Crippen molar-refractivity contribution < 1.29 is 0 Å². The lowest BCUT2D eigenvalue weighted by Gasteiger charge is -2.39. The van der Waals surface area contributed by atoms with E-state index in [2.05, 4.69) is 64.9 Å². The van der Waals surface area contributed by atoms with Crippen molar-refractivity contribution in [2.45, 2.75) is 53.1 Å². The maximum Gasteiger partial charge on any atom is 0.133 e. The zero-order valence-corrected chi connectivity index (χ0v) is 14.6. The van der Waals surface area contributed by atoms with E-state index in [1.54, 1.807) is 0 Å². The van der Waals surface area contributed by atoms with Gasteiger partial charge in [-0.25, -0.2) is 4.98 Å². The first-order chi connectivity index (χ1) is 9.37. The lowest BCUT2D eigenvalue weighted by Crippen LogP contribution is -2.41. The zero-order valence-electron chi connectivity index (χ0n) is 13.0. The maximum atomic E-state index is 4.68. The lowest BCUT2D eigenvalue weighted by atomic mass is 9.84. The van der Waals surface area contributed by atoms with Crippen LogP contribution >= 0.6 is 15.9 Å². The summed E-state index contributed by atoms with van der Waals surface area (Å²) in [6, 6.07) is 2.68. The van der Waals surface area contributed by atoms with Gasteiger partial charge in [-0.1, -0.05) is 27.7 Å². The summed E-state index contributed by atoms with van der Waals surface area (Å²) in [5.41, 5.74) is 1.67. The second-order valence-corrected chi connectivity index (χ2v) is 7.78. The average molecular weight is 340 g/mol. The van der Waals surface area contributed by atoms with Crippen LogP contribution in [0.4, 0.5) is 5.82 Å². The van der Waals surface area contributed by atoms with E-state index in [9.17, 15) is 0 Å². The molecule has 0 bridgehead atoms. The van der Waals surface area contributed by atoms with Crippen LogP contribution in [0.25, 0.3) is 0 Å². The third-order valence-corrected chi connectivity index (χ3v) is 4.24. The van der Waals surface area contributed by atoms with Crippen molar-refractivity contribution >= 4 is 21.7 Å². The van der Waals surface area contributed by atoms with Gasteiger partial charge in [-0.05, 0) is 40.3 Å². The third-order valence-electron chi connectivity index (χ3n) is 3.81. The molecule has 1 aliphatic heterocycles. The van der Waals surface area contributed by atoms with E-state index in [0.717, 1.165) is 29.9 Å². The van der Waals surface area contributed by atoms with Crippen LogP contribution in [0.3, 0.4) is 0 Å². The minimum Gasteiger partial charge on any atom is -0.356 e. The topological polar surface area (TPSA) is 28.2 Å². The van der Waals surface area contributed by atoms with Crippen molar-refractivity contribution in [3.63, 3.8) is 0 Å². The number of halogens is 1. The first-order valence-electron chi connectivity index (χ1n) is 7.50. The highest BCUT2D eigenvalue weighted by Gasteiger charge is 2.28. The van der Waals surface area contributed by atoms with Crippen molar-refractivity contribution in [2.24, 2.45) is 5.41 Å². The molecule has 0 aromatic carbocycles. The highest BCUT2D eigenvalue weighted by Crippen LogP contribution is 2.32. The summed E-state index contributed by atoms with van der Waals surface area (Å²) in [6.45, 7) is 12.1. The van der Waals surface area contributed by atoms with Crippen LogP contribution in [0.2, 0.25) is 0 Å². The molecule has 1 aromatic rings. The van der Waals surface area contributed by atoms with Gasteiger partial charge in [0.25, 0.3) is 0 Å². The van der Waals surface area contributed by atoms with E-state index >= 15 is 0 Å². The fourth-order valence-electron chi connectivity index (χ4n) is 2.81. The van der Waals surface area contributed by atoms with E-state index in [1.165, 1.54) is 18.4 Å². The molecule has 1 fully saturated rings. The maximum absolute atomic E-state index is 4.68. The molecule has 1 aliphatic rings. The number of pyridine rings is 1. The molecule has 112 valence electrons. The quantitative estimate of drug-likeness (QED) is 0.899. The van der Waals surface area contributed by atoms with Crippen molar-refractivity contribution in [1.82, 2.24) is 10.3 Å². The summed E-state index contributed by atoms with van der Waals surface area (Å²) < 4.78 is 1.05. The molecule has 0 amide bonds. The van der Waals surface area contributed by atoms with Gasteiger partial charge in [-0.3, -0.25) is 0 Å². The van der Waals surface area contributed by atoms with Gasteiger partial charge in [0.05, 0.1) is 0 Å². The summed E-state index contributed by atoms with van der Waals surface area (Å²) in [5, 5.41) is 3.50. The molecule has 2 rings (SSSR count). The third kappa shape index (κ3) is 4.19. The molecular formula is C16H26BrN3. The Bertz CT molecular complexity index is 457. The standard InChI is InChI=1S/C16H26BrN3/c1-12(2)18-9-13-8-14(17)10-19-15(13)20-7-5-6-16(3,4)11-20/h8,10,12,18H,5-7,9,11H2,1-4H3. The molecular weight excluding hydrogens is 314 g/mol. The largest absolute Gasteiger partial charge is 0.356 e. The molecule has 0 spiro atoms. The first-order valence-corrected chi connectivity index (χ1v) is 8.29. The first kappa shape index (κ1) is 15.8. The fraction of sp³-hybridized carbons (Fsp3) is 0.688. The Balaban J connectivity index is 2.21. The SMILES string of the molecule is CC(C)NCc1cc(Br)cnc1N1CCCC(C)(C)C1. The van der Waals surface area contributed by atoms with E-state index in [1.807, 2.05) is 6.20 Å². The molecule has 1 saturated heterocycles. The van der Waals surface area contributed by atoms with E-state index in [-0.39, 0.29) is 0 Å². The number of aromatic nitrogens is 1. The number of piperidine rings is 1. The Morgan fingerprint density at radius 1 is 1.45 bits per heavy atom. The minimum absolute atomic E-state index is 0.385. The van der Waals surface area contributed by atoms with Crippen LogP contribution in [0.1, 0.15) is 46.1 Å². The van der Waals surface area contributed by atoms with Crippen LogP contribution in [0.5, 0.6) is 0 Å². The van der Waals surface area contributed by atoms with E-state index in [0.29, 0.717) is 11.5 Å². The second kappa shape index (κ2) is 6.44. The number of anilines is 1. The van der Waals surface area contributed by atoms with Crippen molar-refractivity contribution in [3.8, 4) is 0 Å². The Kier molecular flexibility index (Phi) is 5.08. The van der Waals surface area contributed by atoms with Gasteiger partial charge in [0.15, 0.2) is 0 Å². The van der Waals surface area contributed by atoms with Gasteiger partial charge in [-0.2, -0.15) is 0 Å². The van der Waals surface area contributed by atoms with E-state index < -0.39 is 0 Å². The summed E-state index contributed by atoms with van der Waals surface area (Å²) in [6.07, 6.45) is 4.47. The van der Waals surface area contributed by atoms with Gasteiger partial charge in [0, 0.05) is 41.9 Å². The van der Waals surface area contributed by atoms with Gasteiger partial charge >= 0.3 is 0 Å². The van der Waals surface area contributed by atoms with Crippen molar-refractivity contribution in [2.75, 3.05) is 18.0 Å². The number of hydrogen-bond donors (Lipinski definition) is 1. The Morgan fingerprint density at radius 3 is 2.85 bits per heavy atom. The van der Waals surface area contributed by atoms with E-state index in [4.69, 9.17) is 0 Å². The molecule has 0 saturated carbocycles. The molecule has 1 aromatic heterocycles. The molecule has 1 N–H and O–H groups in total. The summed E-state index contributed by atoms with van der Waals surface area (Å²) >= 11 is 3.54. The van der Waals surface area contributed by atoms with Crippen LogP contribution < -0.4 is 10.2 Å². The number of nitrogens with zero attached hydrogens (tertiary/aromatic N) is 2. The van der Waals surface area contributed by atoms with Gasteiger partial charge in [-0.15, -0.1) is 0 Å². The van der Waals surface area contributed by atoms with Crippen molar-refractivity contribution in [3.05, 3.63) is 22.3 Å². The lowest BCUT2D eigenvalue weighted by molar-refractivity contribution is 0.291. The Morgan fingerprint density at radius 2 is 2.20 bits per heavy atom. The van der Waals surface area contributed by atoms with Crippen LogP contribution in [-0.4, -0.2) is 24.1 Å². The number of rotatable bonds is 4. The monoisotopic (exact) mass is 339 g/mol.